The Balaban J connectivity index is 1.64. The summed E-state index contributed by atoms with van der Waals surface area (Å²) in [5, 5.41) is 0.672. The number of morpholine rings is 1. The van der Waals surface area contributed by atoms with Crippen LogP contribution in [0, 0.1) is 0 Å². The van der Waals surface area contributed by atoms with Crippen LogP contribution in [-0.4, -0.2) is 66.5 Å². The summed E-state index contributed by atoms with van der Waals surface area (Å²) in [6, 6.07) is 1.83. The van der Waals surface area contributed by atoms with Gasteiger partial charge in [-0.15, -0.1) is 0 Å². The number of aromatic amines is 2. The van der Waals surface area contributed by atoms with Crippen LogP contribution < -0.4 is 15.2 Å². The molecule has 0 amide bonds. The van der Waals surface area contributed by atoms with Crippen LogP contribution in [0.25, 0.3) is 22.3 Å². The van der Waals surface area contributed by atoms with Crippen molar-refractivity contribution in [1.82, 2.24) is 19.9 Å². The van der Waals surface area contributed by atoms with E-state index >= 15 is 0 Å². The molecule has 2 fully saturated rings. The molecule has 2 bridgehead atoms. The first-order valence-electron chi connectivity index (χ1n) is 10.6. The van der Waals surface area contributed by atoms with E-state index in [9.17, 15) is 13.2 Å². The Hall–Kier alpha value is -2.92. The summed E-state index contributed by atoms with van der Waals surface area (Å²) in [6.45, 7) is 3.72. The molecule has 3 aromatic rings. The quantitative estimate of drug-likeness (QED) is 0.603. The Morgan fingerprint density at radius 1 is 1.25 bits per heavy atom. The highest BCUT2D eigenvalue weighted by atomic mass is 32.2. The summed E-state index contributed by atoms with van der Waals surface area (Å²) < 4.78 is 36.6. The van der Waals surface area contributed by atoms with Gasteiger partial charge in [-0.2, -0.15) is 0 Å². The topological polar surface area (TPSA) is 130 Å². The minimum Gasteiger partial charge on any atom is -0.484 e. The van der Waals surface area contributed by atoms with Crippen LogP contribution in [0.15, 0.2) is 23.3 Å². The molecule has 0 unspecified atom stereocenters. The second kappa shape index (κ2) is 6.55. The lowest BCUT2D eigenvalue weighted by molar-refractivity contribution is 0.0435. The number of hydrogen-bond acceptors (Lipinski definition) is 8. The molecule has 0 radical (unpaired) electrons. The maximum absolute atomic E-state index is 12.9. The van der Waals surface area contributed by atoms with Crippen molar-refractivity contribution in [1.29, 1.82) is 0 Å². The van der Waals surface area contributed by atoms with Crippen molar-refractivity contribution in [2.45, 2.75) is 36.7 Å². The van der Waals surface area contributed by atoms with Gasteiger partial charge < -0.3 is 24.3 Å². The third kappa shape index (κ3) is 2.61. The Morgan fingerprint density at radius 2 is 2.06 bits per heavy atom. The zero-order valence-electron chi connectivity index (χ0n) is 17.7. The van der Waals surface area contributed by atoms with Crippen LogP contribution in [0.2, 0.25) is 0 Å². The van der Waals surface area contributed by atoms with Crippen LogP contribution in [-0.2, 0) is 19.3 Å². The summed E-state index contributed by atoms with van der Waals surface area (Å²) in [5.41, 5.74) is 1.21. The molecular formula is C21H23N5O5S. The van der Waals surface area contributed by atoms with E-state index in [1.165, 1.54) is 6.26 Å². The molecule has 1 saturated heterocycles. The van der Waals surface area contributed by atoms with Crippen LogP contribution in [0.5, 0.6) is 5.75 Å². The van der Waals surface area contributed by atoms with Crippen molar-refractivity contribution in [3.8, 4) is 17.1 Å². The molecule has 32 heavy (non-hydrogen) atoms. The molecule has 168 valence electrons. The van der Waals surface area contributed by atoms with Crippen molar-refractivity contribution in [3.63, 3.8) is 0 Å². The van der Waals surface area contributed by atoms with Gasteiger partial charge in [0.15, 0.2) is 27.2 Å². The maximum atomic E-state index is 12.9. The molecule has 11 heteroatoms. The van der Waals surface area contributed by atoms with Gasteiger partial charge in [0.1, 0.15) is 22.1 Å². The summed E-state index contributed by atoms with van der Waals surface area (Å²) in [5.74, 6) is 1.38. The molecule has 1 aliphatic carbocycles. The summed E-state index contributed by atoms with van der Waals surface area (Å²) >= 11 is 0. The minimum atomic E-state index is -3.45. The van der Waals surface area contributed by atoms with Crippen molar-refractivity contribution in [3.05, 3.63) is 34.5 Å². The number of hydrogen-bond donors (Lipinski definition) is 2. The van der Waals surface area contributed by atoms with Gasteiger partial charge in [0.2, 0.25) is 0 Å². The Bertz CT molecular complexity index is 1410. The fourth-order valence-electron chi connectivity index (χ4n) is 5.06. The standard InChI is InChI=1S/C21H23N5O5S/c1-11-10-30-6-5-26(11)19-16-17(21(32(2,28)29)7-12(8-21)31-16)24-18(25-19)14-9-23-20(27)15-13(14)3-4-22-15/h3-4,9,11-12,22H,5-8,10H2,1-2H3,(H,23,27)/t11-,12?,21?/m1/s1. The van der Waals surface area contributed by atoms with Crippen LogP contribution in [0.4, 0.5) is 5.82 Å². The first kappa shape index (κ1) is 19.7. The van der Waals surface area contributed by atoms with E-state index in [1.54, 1.807) is 18.5 Å². The summed E-state index contributed by atoms with van der Waals surface area (Å²) in [4.78, 5) is 29.6. The Kier molecular flexibility index (Phi) is 4.04. The second-order valence-corrected chi connectivity index (χ2v) is 11.2. The number of pyridine rings is 1. The average Bonchev–Trinajstić information content (AvgIpc) is 3.22. The van der Waals surface area contributed by atoms with E-state index in [0.717, 1.165) is 0 Å². The van der Waals surface area contributed by atoms with Gasteiger partial charge in [-0.1, -0.05) is 0 Å². The van der Waals surface area contributed by atoms with E-state index in [1.807, 2.05) is 6.92 Å². The van der Waals surface area contributed by atoms with E-state index in [4.69, 9.17) is 19.4 Å². The predicted octanol–water partition coefficient (Wildman–Crippen LogP) is 1.33. The normalized spacial score (nSPS) is 27.0. The van der Waals surface area contributed by atoms with Crippen LogP contribution >= 0.6 is 0 Å². The molecule has 3 aromatic heterocycles. The van der Waals surface area contributed by atoms with E-state index < -0.39 is 14.6 Å². The molecule has 10 nitrogen and oxygen atoms in total. The van der Waals surface area contributed by atoms with E-state index in [2.05, 4.69) is 14.9 Å². The van der Waals surface area contributed by atoms with Gasteiger partial charge in [0.25, 0.3) is 5.56 Å². The number of ether oxygens (including phenoxy) is 2. The van der Waals surface area contributed by atoms with E-state index in [0.29, 0.717) is 72.2 Å². The molecule has 6 heterocycles. The smallest absolute Gasteiger partial charge is 0.272 e. The molecular weight excluding hydrogens is 434 g/mol. The molecule has 1 atom stereocenters. The lowest BCUT2D eigenvalue weighted by atomic mass is 9.76. The zero-order valence-corrected chi connectivity index (χ0v) is 18.5. The highest BCUT2D eigenvalue weighted by molar-refractivity contribution is 7.91. The highest BCUT2D eigenvalue weighted by Gasteiger charge is 2.61. The lowest BCUT2D eigenvalue weighted by Crippen LogP contribution is -2.57. The third-order valence-corrected chi connectivity index (χ3v) is 8.83. The van der Waals surface area contributed by atoms with Crippen molar-refractivity contribution >= 4 is 26.6 Å². The minimum absolute atomic E-state index is 0.0366. The first-order chi connectivity index (χ1) is 15.3. The SMILES string of the molecule is C[C@@H]1COCCN1c1nc(-c2c[nH]c(=O)c3[nH]ccc23)nc2c1OC1CC2(S(C)(=O)=O)C1. The zero-order chi connectivity index (χ0) is 22.3. The van der Waals surface area contributed by atoms with Crippen molar-refractivity contribution < 1.29 is 17.9 Å². The maximum Gasteiger partial charge on any atom is 0.272 e. The number of H-pyrrole nitrogens is 2. The van der Waals surface area contributed by atoms with E-state index in [-0.39, 0.29) is 17.7 Å². The number of rotatable bonds is 3. The number of sulfone groups is 1. The number of aromatic nitrogens is 4. The molecule has 3 aliphatic heterocycles. The van der Waals surface area contributed by atoms with Gasteiger partial charge in [-0.05, 0) is 13.0 Å². The molecule has 2 N–H and O–H groups in total. The van der Waals surface area contributed by atoms with Gasteiger partial charge >= 0.3 is 0 Å². The number of nitrogens with zero attached hydrogens (tertiary/aromatic N) is 3. The Morgan fingerprint density at radius 3 is 2.81 bits per heavy atom. The fourth-order valence-corrected chi connectivity index (χ4v) is 6.53. The number of anilines is 1. The largest absolute Gasteiger partial charge is 0.484 e. The molecule has 1 saturated carbocycles. The molecule has 7 rings (SSSR count). The molecule has 0 spiro atoms. The fraction of sp³-hybridized carbons (Fsp3) is 0.476. The van der Waals surface area contributed by atoms with Gasteiger partial charge in [0.05, 0.1) is 19.3 Å². The summed E-state index contributed by atoms with van der Waals surface area (Å²) in [6.07, 6.45) is 5.14. The second-order valence-electron chi connectivity index (χ2n) is 8.88. The number of nitrogens with one attached hydrogen (secondary N) is 2. The average molecular weight is 458 g/mol. The lowest BCUT2D eigenvalue weighted by Gasteiger charge is -2.51. The van der Waals surface area contributed by atoms with Crippen molar-refractivity contribution in [2.75, 3.05) is 30.9 Å². The first-order valence-corrected chi connectivity index (χ1v) is 12.5. The Labute approximate surface area is 183 Å². The van der Waals surface area contributed by atoms with Gasteiger partial charge in [0, 0.05) is 49.0 Å². The summed E-state index contributed by atoms with van der Waals surface area (Å²) in [7, 11) is -3.45. The van der Waals surface area contributed by atoms with Gasteiger partial charge in [-0.3, -0.25) is 4.79 Å². The van der Waals surface area contributed by atoms with Crippen molar-refractivity contribution in [2.24, 2.45) is 0 Å². The highest BCUT2D eigenvalue weighted by Crippen LogP contribution is 2.58. The third-order valence-electron chi connectivity index (χ3n) is 6.88. The molecule has 4 aliphatic rings. The van der Waals surface area contributed by atoms with Crippen LogP contribution in [0.1, 0.15) is 25.5 Å². The van der Waals surface area contributed by atoms with Crippen LogP contribution in [0.3, 0.4) is 0 Å². The molecule has 0 aromatic carbocycles. The monoisotopic (exact) mass is 457 g/mol. The predicted molar refractivity (Wildman–Crippen MR) is 118 cm³/mol. The van der Waals surface area contributed by atoms with Gasteiger partial charge in [-0.25, -0.2) is 18.4 Å². The number of fused-ring (bicyclic) bond motifs is 1.